The first-order valence-corrected chi connectivity index (χ1v) is 8.39. The first-order chi connectivity index (χ1) is 11.1. The Bertz CT molecular complexity index is 845. The number of para-hydroxylation sites is 1. The Morgan fingerprint density at radius 3 is 2.61 bits per heavy atom. The van der Waals surface area contributed by atoms with Gasteiger partial charge in [0.1, 0.15) is 0 Å². The molecule has 2 aromatic carbocycles. The van der Waals surface area contributed by atoms with Gasteiger partial charge >= 0.3 is 0 Å². The molecule has 0 N–H and O–H groups in total. The predicted molar refractivity (Wildman–Crippen MR) is 94.9 cm³/mol. The predicted octanol–water partition coefficient (Wildman–Crippen LogP) is 4.80. The Morgan fingerprint density at radius 2 is 1.87 bits per heavy atom. The summed E-state index contributed by atoms with van der Waals surface area (Å²) in [7, 11) is 0. The third-order valence-electron chi connectivity index (χ3n) is 5.01. The van der Waals surface area contributed by atoms with E-state index in [9.17, 15) is 4.79 Å². The van der Waals surface area contributed by atoms with Crippen LogP contribution in [-0.4, -0.2) is 12.3 Å². The van der Waals surface area contributed by atoms with Gasteiger partial charge in [-0.25, -0.2) is 0 Å². The van der Waals surface area contributed by atoms with Crippen molar-refractivity contribution in [3.05, 3.63) is 70.3 Å². The quantitative estimate of drug-likeness (QED) is 0.794. The van der Waals surface area contributed by atoms with Crippen molar-refractivity contribution in [2.45, 2.75) is 33.1 Å². The lowest BCUT2D eigenvalue weighted by Gasteiger charge is -2.32. The summed E-state index contributed by atoms with van der Waals surface area (Å²) in [6.07, 6.45) is 0.743. The molecule has 0 spiro atoms. The molecule has 2 aliphatic rings. The average Bonchev–Trinajstić information content (AvgIpc) is 2.85. The van der Waals surface area contributed by atoms with E-state index in [0.29, 0.717) is 5.92 Å². The molecule has 0 unspecified atom stereocenters. The second kappa shape index (κ2) is 5.09. The molecule has 23 heavy (non-hydrogen) atoms. The number of nitrogens with zero attached hydrogens (tertiary/aromatic N) is 1. The first kappa shape index (κ1) is 14.3. The number of hydrogen-bond acceptors (Lipinski definition) is 2. The fourth-order valence-corrected chi connectivity index (χ4v) is 3.78. The van der Waals surface area contributed by atoms with Crippen molar-refractivity contribution < 1.29 is 4.79 Å². The lowest BCUT2D eigenvalue weighted by atomic mass is 9.95. The van der Waals surface area contributed by atoms with Crippen molar-refractivity contribution in [2.75, 3.05) is 11.4 Å². The topological polar surface area (TPSA) is 20.3 Å². The van der Waals surface area contributed by atoms with Gasteiger partial charge in [-0.2, -0.15) is 0 Å². The SMILES string of the molecule is CCN1C2=C(Cc3ccccc31)C(=O)c1cc(C(C)C)ccc12. The van der Waals surface area contributed by atoms with E-state index < -0.39 is 0 Å². The molecule has 0 atom stereocenters. The number of hydrogen-bond donors (Lipinski definition) is 0. The Balaban J connectivity index is 1.90. The van der Waals surface area contributed by atoms with E-state index in [1.165, 1.54) is 16.8 Å². The van der Waals surface area contributed by atoms with E-state index in [1.54, 1.807) is 0 Å². The summed E-state index contributed by atoms with van der Waals surface area (Å²) < 4.78 is 0. The van der Waals surface area contributed by atoms with Crippen molar-refractivity contribution in [1.82, 2.24) is 0 Å². The molecular weight excluding hydrogens is 282 g/mol. The molecule has 116 valence electrons. The van der Waals surface area contributed by atoms with Crippen LogP contribution in [0.3, 0.4) is 0 Å². The minimum atomic E-state index is 0.213. The van der Waals surface area contributed by atoms with E-state index in [2.05, 4.69) is 68.1 Å². The van der Waals surface area contributed by atoms with Crippen LogP contribution in [0.15, 0.2) is 48.0 Å². The van der Waals surface area contributed by atoms with Gasteiger partial charge in [0.25, 0.3) is 0 Å². The van der Waals surface area contributed by atoms with Crippen LogP contribution < -0.4 is 4.90 Å². The summed E-state index contributed by atoms with van der Waals surface area (Å²) in [6.45, 7) is 7.36. The van der Waals surface area contributed by atoms with Gasteiger partial charge in [-0.15, -0.1) is 0 Å². The summed E-state index contributed by atoms with van der Waals surface area (Å²) in [5.41, 5.74) is 7.79. The van der Waals surface area contributed by atoms with Gasteiger partial charge in [0, 0.05) is 35.4 Å². The van der Waals surface area contributed by atoms with Gasteiger partial charge in [0.15, 0.2) is 5.78 Å². The number of ketones is 1. The zero-order chi connectivity index (χ0) is 16.1. The second-order valence-corrected chi connectivity index (χ2v) is 6.67. The van der Waals surface area contributed by atoms with Crippen LogP contribution in [0, 0.1) is 0 Å². The lowest BCUT2D eigenvalue weighted by Crippen LogP contribution is -2.26. The smallest absolute Gasteiger partial charge is 0.192 e. The highest BCUT2D eigenvalue weighted by atomic mass is 16.1. The maximum atomic E-state index is 13.0. The van der Waals surface area contributed by atoms with E-state index in [4.69, 9.17) is 0 Å². The Hall–Kier alpha value is -2.35. The van der Waals surface area contributed by atoms with Crippen LogP contribution >= 0.6 is 0 Å². The molecule has 1 aliphatic heterocycles. The van der Waals surface area contributed by atoms with Crippen LogP contribution in [0.5, 0.6) is 0 Å². The van der Waals surface area contributed by atoms with Crippen molar-refractivity contribution in [2.24, 2.45) is 0 Å². The number of rotatable bonds is 2. The number of Topliss-reactive ketones (excluding diaryl/α,β-unsaturated/α-hetero) is 1. The largest absolute Gasteiger partial charge is 0.341 e. The molecule has 2 nitrogen and oxygen atoms in total. The zero-order valence-corrected chi connectivity index (χ0v) is 13.9. The monoisotopic (exact) mass is 303 g/mol. The van der Waals surface area contributed by atoms with Gasteiger partial charge in [-0.1, -0.05) is 44.2 Å². The molecule has 1 aliphatic carbocycles. The van der Waals surface area contributed by atoms with Crippen LogP contribution in [-0.2, 0) is 6.42 Å². The number of carbonyl (C=O) groups excluding carboxylic acids is 1. The molecule has 4 rings (SSSR count). The first-order valence-electron chi connectivity index (χ1n) is 8.39. The van der Waals surface area contributed by atoms with Crippen LogP contribution in [0.4, 0.5) is 5.69 Å². The lowest BCUT2D eigenvalue weighted by molar-refractivity contribution is 0.103. The summed E-state index contributed by atoms with van der Waals surface area (Å²) in [5, 5.41) is 0. The molecule has 0 fully saturated rings. The number of allylic oxidation sites excluding steroid dienone is 1. The minimum absolute atomic E-state index is 0.213. The van der Waals surface area contributed by atoms with E-state index in [0.717, 1.165) is 35.4 Å². The molecule has 0 saturated heterocycles. The van der Waals surface area contributed by atoms with Crippen molar-refractivity contribution in [3.63, 3.8) is 0 Å². The average molecular weight is 303 g/mol. The van der Waals surface area contributed by atoms with E-state index in [1.807, 2.05) is 0 Å². The molecule has 2 heteroatoms. The Kier molecular flexibility index (Phi) is 3.15. The Labute approximate surface area is 137 Å². The normalized spacial score (nSPS) is 15.8. The highest BCUT2D eigenvalue weighted by Gasteiger charge is 2.36. The van der Waals surface area contributed by atoms with Crippen molar-refractivity contribution in [3.8, 4) is 0 Å². The molecule has 0 radical (unpaired) electrons. The molecule has 2 aromatic rings. The fourth-order valence-electron chi connectivity index (χ4n) is 3.78. The molecule has 0 saturated carbocycles. The standard InChI is InChI=1S/C21H21NO/c1-4-22-19-8-6-5-7-15(19)12-18-20(22)16-10-9-14(13(2)3)11-17(16)21(18)23/h5-11,13H,4,12H2,1-3H3. The summed E-state index contributed by atoms with van der Waals surface area (Å²) in [5.74, 6) is 0.649. The molecule has 0 bridgehead atoms. The molecule has 1 heterocycles. The summed E-state index contributed by atoms with van der Waals surface area (Å²) >= 11 is 0. The number of anilines is 1. The zero-order valence-electron chi connectivity index (χ0n) is 13.9. The maximum absolute atomic E-state index is 13.0. The summed E-state index contributed by atoms with van der Waals surface area (Å²) in [6, 6.07) is 14.8. The second-order valence-electron chi connectivity index (χ2n) is 6.67. The molecule has 0 aromatic heterocycles. The van der Waals surface area contributed by atoms with Gasteiger partial charge < -0.3 is 4.90 Å². The number of carbonyl (C=O) groups is 1. The molecular formula is C21H21NO. The highest BCUT2D eigenvalue weighted by molar-refractivity contribution is 6.23. The third kappa shape index (κ3) is 1.98. The van der Waals surface area contributed by atoms with Gasteiger partial charge in [-0.3, -0.25) is 4.79 Å². The summed E-state index contributed by atoms with van der Waals surface area (Å²) in [4.78, 5) is 15.3. The maximum Gasteiger partial charge on any atom is 0.192 e. The minimum Gasteiger partial charge on any atom is -0.341 e. The highest BCUT2D eigenvalue weighted by Crippen LogP contribution is 2.44. The van der Waals surface area contributed by atoms with E-state index >= 15 is 0 Å². The van der Waals surface area contributed by atoms with Gasteiger partial charge in [0.2, 0.25) is 0 Å². The van der Waals surface area contributed by atoms with Crippen molar-refractivity contribution in [1.29, 1.82) is 0 Å². The number of benzene rings is 2. The van der Waals surface area contributed by atoms with Crippen LogP contribution in [0.25, 0.3) is 5.70 Å². The van der Waals surface area contributed by atoms with Crippen molar-refractivity contribution >= 4 is 17.2 Å². The van der Waals surface area contributed by atoms with Gasteiger partial charge in [-0.05, 0) is 36.1 Å². The fraction of sp³-hybridized carbons (Fsp3) is 0.286. The number of fused-ring (bicyclic) bond motifs is 3. The van der Waals surface area contributed by atoms with Crippen LogP contribution in [0.1, 0.15) is 53.7 Å². The Morgan fingerprint density at radius 1 is 1.09 bits per heavy atom. The molecule has 0 amide bonds. The van der Waals surface area contributed by atoms with Gasteiger partial charge in [0.05, 0.1) is 5.70 Å². The van der Waals surface area contributed by atoms with E-state index in [-0.39, 0.29) is 5.78 Å². The third-order valence-corrected chi connectivity index (χ3v) is 5.01. The van der Waals surface area contributed by atoms with Crippen LogP contribution in [0.2, 0.25) is 0 Å².